The van der Waals surface area contributed by atoms with Gasteiger partial charge in [-0.1, -0.05) is 30.3 Å². The first-order valence-electron chi connectivity index (χ1n) is 4.58. The van der Waals surface area contributed by atoms with Crippen LogP contribution < -0.4 is 5.73 Å². The largest absolute Gasteiger partial charge is 0.375 e. The average molecular weight is 277 g/mol. The molecule has 2 N–H and O–H groups in total. The third kappa shape index (κ3) is 4.39. The van der Waals surface area contributed by atoms with E-state index in [-0.39, 0.29) is 24.8 Å². The lowest BCUT2D eigenvalue weighted by Crippen LogP contribution is -1.92. The van der Waals surface area contributed by atoms with Crippen LogP contribution >= 0.6 is 36.2 Å². The Hall–Kier alpha value is -0.770. The highest BCUT2D eigenvalue weighted by Crippen LogP contribution is 2.13. The molecule has 1 aromatic carbocycles. The number of hydrogen-bond acceptors (Lipinski definition) is 3. The predicted octanol–water partition coefficient (Wildman–Crippen LogP) is 3.35. The summed E-state index contributed by atoms with van der Waals surface area (Å²) in [7, 11) is 0. The van der Waals surface area contributed by atoms with Crippen molar-refractivity contribution < 1.29 is 0 Å². The molecule has 2 nitrogen and oxygen atoms in total. The minimum atomic E-state index is 0. The fourth-order valence-electron chi connectivity index (χ4n) is 1.35. The summed E-state index contributed by atoms with van der Waals surface area (Å²) in [6.45, 7) is 0. The average Bonchev–Trinajstić information content (AvgIpc) is 2.63. The fourth-order valence-corrected chi connectivity index (χ4v) is 1.95. The summed E-state index contributed by atoms with van der Waals surface area (Å²) in [4.78, 5) is 4.22. The Morgan fingerprint density at radius 1 is 1.06 bits per heavy atom. The Kier molecular flexibility index (Phi) is 7.13. The van der Waals surface area contributed by atoms with Crippen molar-refractivity contribution in [1.29, 1.82) is 0 Å². The highest BCUT2D eigenvalue weighted by atomic mass is 35.5. The lowest BCUT2D eigenvalue weighted by atomic mass is 10.1. The maximum Gasteiger partial charge on any atom is 0.180 e. The molecule has 0 spiro atoms. The minimum absolute atomic E-state index is 0. The van der Waals surface area contributed by atoms with Crippen molar-refractivity contribution in [3.63, 3.8) is 0 Å². The number of aryl methyl sites for hydroxylation is 2. The first-order valence-corrected chi connectivity index (χ1v) is 5.46. The number of anilines is 1. The van der Waals surface area contributed by atoms with Crippen LogP contribution in [0.2, 0.25) is 0 Å². The zero-order valence-corrected chi connectivity index (χ0v) is 11.1. The van der Waals surface area contributed by atoms with E-state index in [2.05, 4.69) is 29.2 Å². The number of nitrogens with two attached hydrogens (primary N) is 1. The summed E-state index contributed by atoms with van der Waals surface area (Å²) in [5, 5.41) is 2.69. The van der Waals surface area contributed by atoms with E-state index in [0.29, 0.717) is 5.13 Å². The van der Waals surface area contributed by atoms with E-state index in [1.807, 2.05) is 11.4 Å². The lowest BCUT2D eigenvalue weighted by Gasteiger charge is -1.97. The Labute approximate surface area is 112 Å². The molecular formula is C11H14Cl2N2S. The summed E-state index contributed by atoms with van der Waals surface area (Å²) >= 11 is 1.51. The van der Waals surface area contributed by atoms with Gasteiger partial charge < -0.3 is 5.73 Å². The maximum atomic E-state index is 5.55. The van der Waals surface area contributed by atoms with E-state index in [4.69, 9.17) is 5.73 Å². The number of aromatic nitrogens is 1. The van der Waals surface area contributed by atoms with E-state index in [1.165, 1.54) is 16.9 Å². The molecule has 0 bridgehead atoms. The molecule has 88 valence electrons. The monoisotopic (exact) mass is 276 g/mol. The van der Waals surface area contributed by atoms with Crippen LogP contribution in [0.25, 0.3) is 0 Å². The molecule has 0 aliphatic carbocycles. The summed E-state index contributed by atoms with van der Waals surface area (Å²) in [6.07, 6.45) is 2.00. The van der Waals surface area contributed by atoms with Gasteiger partial charge in [-0.15, -0.1) is 36.2 Å². The molecule has 0 saturated carbocycles. The van der Waals surface area contributed by atoms with Crippen molar-refractivity contribution in [2.45, 2.75) is 12.8 Å². The topological polar surface area (TPSA) is 38.9 Å². The number of nitrogen functional groups attached to an aromatic ring is 1. The molecule has 0 aliphatic heterocycles. The van der Waals surface area contributed by atoms with E-state index in [0.717, 1.165) is 18.5 Å². The van der Waals surface area contributed by atoms with Crippen LogP contribution in [0.5, 0.6) is 0 Å². The highest BCUT2D eigenvalue weighted by molar-refractivity contribution is 7.13. The van der Waals surface area contributed by atoms with Crippen LogP contribution in [0.1, 0.15) is 11.3 Å². The van der Waals surface area contributed by atoms with Gasteiger partial charge in [-0.2, -0.15) is 0 Å². The van der Waals surface area contributed by atoms with Crippen LogP contribution in [-0.4, -0.2) is 4.98 Å². The van der Waals surface area contributed by atoms with Crippen LogP contribution in [0.4, 0.5) is 5.13 Å². The molecule has 0 amide bonds. The molecule has 0 unspecified atom stereocenters. The van der Waals surface area contributed by atoms with Gasteiger partial charge in [0.15, 0.2) is 5.13 Å². The quantitative estimate of drug-likeness (QED) is 0.934. The van der Waals surface area contributed by atoms with Crippen LogP contribution in [0.3, 0.4) is 0 Å². The first-order chi connectivity index (χ1) is 6.84. The van der Waals surface area contributed by atoms with Crippen molar-refractivity contribution in [2.75, 3.05) is 5.73 Å². The third-order valence-electron chi connectivity index (χ3n) is 2.08. The Bertz CT molecular complexity index is 403. The number of nitrogens with zero attached hydrogens (tertiary/aromatic N) is 1. The molecule has 2 rings (SSSR count). The van der Waals surface area contributed by atoms with E-state index in [1.54, 1.807) is 0 Å². The van der Waals surface area contributed by atoms with Crippen molar-refractivity contribution in [1.82, 2.24) is 4.98 Å². The second kappa shape index (κ2) is 7.49. The molecule has 0 radical (unpaired) electrons. The standard InChI is InChI=1S/C11H12N2S.2ClH/c12-11-13-10(8-14-11)7-6-9-4-2-1-3-5-9;;/h1-5,8H,6-7H2,(H2,12,13);2*1H. The summed E-state index contributed by atoms with van der Waals surface area (Å²) in [5.74, 6) is 0. The smallest absolute Gasteiger partial charge is 0.180 e. The second-order valence-corrected chi connectivity index (χ2v) is 4.05. The van der Waals surface area contributed by atoms with Gasteiger partial charge in [-0.05, 0) is 18.4 Å². The van der Waals surface area contributed by atoms with Gasteiger partial charge in [0.25, 0.3) is 0 Å². The second-order valence-electron chi connectivity index (χ2n) is 3.16. The molecule has 0 aliphatic rings. The number of halogens is 2. The lowest BCUT2D eigenvalue weighted by molar-refractivity contribution is 0.927. The fraction of sp³-hybridized carbons (Fsp3) is 0.182. The van der Waals surface area contributed by atoms with Gasteiger partial charge in [0.05, 0.1) is 5.69 Å². The van der Waals surface area contributed by atoms with Crippen molar-refractivity contribution in [2.24, 2.45) is 0 Å². The Balaban J connectivity index is 0.00000112. The summed E-state index contributed by atoms with van der Waals surface area (Å²) < 4.78 is 0. The summed E-state index contributed by atoms with van der Waals surface area (Å²) in [5.41, 5.74) is 8.00. The number of hydrogen-bond donors (Lipinski definition) is 1. The van der Waals surface area contributed by atoms with Gasteiger partial charge in [0, 0.05) is 5.38 Å². The van der Waals surface area contributed by atoms with E-state index < -0.39 is 0 Å². The molecule has 2 aromatic rings. The molecule has 1 aromatic heterocycles. The van der Waals surface area contributed by atoms with Gasteiger partial charge in [-0.3, -0.25) is 0 Å². The van der Waals surface area contributed by atoms with Gasteiger partial charge in [-0.25, -0.2) is 4.98 Å². The number of rotatable bonds is 3. The first kappa shape index (κ1) is 15.2. The molecule has 5 heteroatoms. The Morgan fingerprint density at radius 2 is 1.75 bits per heavy atom. The van der Waals surface area contributed by atoms with Crippen LogP contribution in [-0.2, 0) is 12.8 Å². The minimum Gasteiger partial charge on any atom is -0.375 e. The molecule has 0 atom stereocenters. The van der Waals surface area contributed by atoms with Crippen molar-refractivity contribution in [3.8, 4) is 0 Å². The molecule has 16 heavy (non-hydrogen) atoms. The van der Waals surface area contributed by atoms with Gasteiger partial charge in [0.1, 0.15) is 0 Å². The Morgan fingerprint density at radius 3 is 2.31 bits per heavy atom. The van der Waals surface area contributed by atoms with Gasteiger partial charge >= 0.3 is 0 Å². The zero-order valence-electron chi connectivity index (χ0n) is 8.63. The highest BCUT2D eigenvalue weighted by Gasteiger charge is 1.99. The molecule has 0 saturated heterocycles. The normalized spacial score (nSPS) is 9.00. The number of thiazole rings is 1. The SMILES string of the molecule is Cl.Cl.Nc1nc(CCc2ccccc2)cs1. The number of benzene rings is 1. The maximum absolute atomic E-state index is 5.55. The zero-order chi connectivity index (χ0) is 9.80. The van der Waals surface area contributed by atoms with Crippen molar-refractivity contribution >= 4 is 41.3 Å². The van der Waals surface area contributed by atoms with Gasteiger partial charge in [0.2, 0.25) is 0 Å². The molecule has 0 fully saturated rings. The predicted molar refractivity (Wildman–Crippen MR) is 74.9 cm³/mol. The van der Waals surface area contributed by atoms with Crippen LogP contribution in [0.15, 0.2) is 35.7 Å². The third-order valence-corrected chi connectivity index (χ3v) is 2.80. The summed E-state index contributed by atoms with van der Waals surface area (Å²) in [6, 6.07) is 10.4. The molecule has 1 heterocycles. The van der Waals surface area contributed by atoms with E-state index >= 15 is 0 Å². The van der Waals surface area contributed by atoms with Crippen LogP contribution in [0, 0.1) is 0 Å². The van der Waals surface area contributed by atoms with Crippen molar-refractivity contribution in [3.05, 3.63) is 47.0 Å². The van der Waals surface area contributed by atoms with E-state index in [9.17, 15) is 0 Å². The molecular weight excluding hydrogens is 263 g/mol.